The zero-order valence-corrected chi connectivity index (χ0v) is 14.2. The van der Waals surface area contributed by atoms with E-state index in [0.717, 1.165) is 17.4 Å². The summed E-state index contributed by atoms with van der Waals surface area (Å²) in [5, 5.41) is 0.923. The van der Waals surface area contributed by atoms with Crippen molar-refractivity contribution in [3.8, 4) is 0 Å². The first-order valence-electron chi connectivity index (χ1n) is 7.92. The van der Waals surface area contributed by atoms with E-state index in [1.54, 1.807) is 4.90 Å². The predicted molar refractivity (Wildman–Crippen MR) is 89.3 cm³/mol. The minimum absolute atomic E-state index is 0.0536. The van der Waals surface area contributed by atoms with Gasteiger partial charge in [-0.2, -0.15) is 0 Å². The lowest BCUT2D eigenvalue weighted by molar-refractivity contribution is 0.0666. The first-order valence-corrected chi connectivity index (χ1v) is 9.74. The fourth-order valence-electron chi connectivity index (χ4n) is 3.22. The van der Waals surface area contributed by atoms with E-state index in [-0.39, 0.29) is 23.5 Å². The smallest absolute Gasteiger partial charge is 0.290 e. The van der Waals surface area contributed by atoms with Gasteiger partial charge in [-0.05, 0) is 25.8 Å². The number of amides is 1. The van der Waals surface area contributed by atoms with Crippen LogP contribution in [0.4, 0.5) is 0 Å². The summed E-state index contributed by atoms with van der Waals surface area (Å²) in [7, 11) is -3.03. The molecule has 0 aliphatic carbocycles. The maximum absolute atomic E-state index is 13.0. The first-order chi connectivity index (χ1) is 10.9. The van der Waals surface area contributed by atoms with Crippen LogP contribution in [0.3, 0.4) is 0 Å². The molecule has 0 N–H and O–H groups in total. The molecule has 3 rings (SSSR count). The average molecular weight is 335 g/mol. The lowest BCUT2D eigenvalue weighted by atomic mass is 10.1. The molecule has 1 aliphatic rings. The minimum atomic E-state index is -3.03. The fraction of sp³-hybridized carbons (Fsp3) is 0.471. The molecule has 1 unspecified atom stereocenters. The summed E-state index contributed by atoms with van der Waals surface area (Å²) in [5.74, 6) is 0.328. The number of fused-ring (bicyclic) bond motifs is 1. The summed E-state index contributed by atoms with van der Waals surface area (Å²) in [6.07, 6.45) is 1.29. The van der Waals surface area contributed by atoms with Gasteiger partial charge in [0.25, 0.3) is 5.91 Å². The fourth-order valence-corrected chi connectivity index (χ4v) is 4.95. The molecule has 124 valence electrons. The Morgan fingerprint density at radius 3 is 2.70 bits per heavy atom. The maximum Gasteiger partial charge on any atom is 0.290 e. The van der Waals surface area contributed by atoms with Crippen LogP contribution in [0.15, 0.2) is 28.7 Å². The lowest BCUT2D eigenvalue weighted by Gasteiger charge is -2.27. The molecular weight excluding hydrogens is 314 g/mol. The number of aryl methyl sites for hydroxylation is 1. The monoisotopic (exact) mass is 335 g/mol. The summed E-state index contributed by atoms with van der Waals surface area (Å²) < 4.78 is 29.3. The van der Waals surface area contributed by atoms with E-state index < -0.39 is 9.84 Å². The molecule has 5 nitrogen and oxygen atoms in total. The van der Waals surface area contributed by atoms with Crippen LogP contribution in [0, 0.1) is 6.92 Å². The first kappa shape index (κ1) is 16.1. The lowest BCUT2D eigenvalue weighted by Crippen LogP contribution is -2.41. The van der Waals surface area contributed by atoms with Gasteiger partial charge in [-0.3, -0.25) is 4.79 Å². The van der Waals surface area contributed by atoms with Crippen molar-refractivity contribution in [2.45, 2.75) is 32.7 Å². The standard InChI is InChI=1S/C17H21NO4S/c1-3-9-18(13-8-10-23(20,21)11-13)17(19)16-12(2)14-6-4-5-7-15(14)22-16/h4-7,13H,3,8-11H2,1-2H3. The highest BCUT2D eigenvalue weighted by Gasteiger charge is 2.36. The third-order valence-electron chi connectivity index (χ3n) is 4.41. The molecule has 1 aliphatic heterocycles. The predicted octanol–water partition coefficient (Wildman–Crippen LogP) is 2.78. The van der Waals surface area contributed by atoms with Crippen molar-refractivity contribution in [1.82, 2.24) is 4.90 Å². The highest BCUT2D eigenvalue weighted by molar-refractivity contribution is 7.91. The number of hydrogen-bond acceptors (Lipinski definition) is 4. The third kappa shape index (κ3) is 3.00. The average Bonchev–Trinajstić information content (AvgIpc) is 3.05. The van der Waals surface area contributed by atoms with Crippen LogP contribution in [0.25, 0.3) is 11.0 Å². The van der Waals surface area contributed by atoms with E-state index in [0.29, 0.717) is 24.3 Å². The molecule has 1 aromatic carbocycles. The normalized spacial score (nSPS) is 20.0. The minimum Gasteiger partial charge on any atom is -0.451 e. The molecule has 1 saturated heterocycles. The Morgan fingerprint density at radius 2 is 2.09 bits per heavy atom. The highest BCUT2D eigenvalue weighted by atomic mass is 32.2. The molecule has 2 aromatic rings. The second-order valence-corrected chi connectivity index (χ2v) is 8.34. The molecule has 0 spiro atoms. The molecular formula is C17H21NO4S. The van der Waals surface area contributed by atoms with E-state index in [2.05, 4.69) is 0 Å². The Labute approximate surface area is 136 Å². The number of rotatable bonds is 4. The maximum atomic E-state index is 13.0. The number of para-hydroxylation sites is 1. The van der Waals surface area contributed by atoms with Gasteiger partial charge in [-0.15, -0.1) is 0 Å². The van der Waals surface area contributed by atoms with Crippen molar-refractivity contribution in [1.29, 1.82) is 0 Å². The topological polar surface area (TPSA) is 67.6 Å². The van der Waals surface area contributed by atoms with Gasteiger partial charge in [0.1, 0.15) is 5.58 Å². The van der Waals surface area contributed by atoms with Crippen LogP contribution >= 0.6 is 0 Å². The van der Waals surface area contributed by atoms with Crippen molar-refractivity contribution in [3.63, 3.8) is 0 Å². The Bertz CT molecular complexity index is 837. The number of benzene rings is 1. The van der Waals surface area contributed by atoms with Crippen LogP contribution in [-0.2, 0) is 9.84 Å². The van der Waals surface area contributed by atoms with Gasteiger partial charge >= 0.3 is 0 Å². The molecule has 0 bridgehead atoms. The van der Waals surface area contributed by atoms with Crippen molar-refractivity contribution in [2.75, 3.05) is 18.1 Å². The van der Waals surface area contributed by atoms with Crippen molar-refractivity contribution in [2.24, 2.45) is 0 Å². The molecule has 0 saturated carbocycles. The molecule has 2 heterocycles. The van der Waals surface area contributed by atoms with Gasteiger partial charge in [0.2, 0.25) is 0 Å². The van der Waals surface area contributed by atoms with Crippen LogP contribution in [0.1, 0.15) is 35.9 Å². The Morgan fingerprint density at radius 1 is 1.35 bits per heavy atom. The summed E-state index contributed by atoms with van der Waals surface area (Å²) in [6.45, 7) is 4.39. The second kappa shape index (κ2) is 6.00. The van der Waals surface area contributed by atoms with Gasteiger partial charge in [0, 0.05) is 23.5 Å². The Balaban J connectivity index is 1.95. The quantitative estimate of drug-likeness (QED) is 0.861. The van der Waals surface area contributed by atoms with Gasteiger partial charge in [-0.1, -0.05) is 25.1 Å². The van der Waals surface area contributed by atoms with E-state index in [1.165, 1.54) is 0 Å². The van der Waals surface area contributed by atoms with Gasteiger partial charge in [-0.25, -0.2) is 8.42 Å². The second-order valence-electron chi connectivity index (χ2n) is 6.11. The summed E-state index contributed by atoms with van der Waals surface area (Å²) in [4.78, 5) is 14.6. The van der Waals surface area contributed by atoms with Crippen LogP contribution in [-0.4, -0.2) is 43.3 Å². The number of hydrogen-bond donors (Lipinski definition) is 0. The van der Waals surface area contributed by atoms with E-state index in [4.69, 9.17) is 4.42 Å². The number of sulfone groups is 1. The molecule has 1 atom stereocenters. The SMILES string of the molecule is CCCN(C(=O)c1oc2ccccc2c1C)C1CCS(=O)(=O)C1. The molecule has 1 aromatic heterocycles. The van der Waals surface area contributed by atoms with Crippen molar-refractivity contribution >= 4 is 26.7 Å². The Hall–Kier alpha value is -1.82. The van der Waals surface area contributed by atoms with Crippen LogP contribution in [0.5, 0.6) is 0 Å². The highest BCUT2D eigenvalue weighted by Crippen LogP contribution is 2.28. The number of furan rings is 1. The zero-order valence-electron chi connectivity index (χ0n) is 13.4. The summed E-state index contributed by atoms with van der Waals surface area (Å²) in [5.41, 5.74) is 1.50. The zero-order chi connectivity index (χ0) is 16.6. The van der Waals surface area contributed by atoms with Gasteiger partial charge in [0.05, 0.1) is 11.5 Å². The summed E-state index contributed by atoms with van der Waals surface area (Å²) >= 11 is 0. The number of carbonyl (C=O) groups is 1. The molecule has 1 fully saturated rings. The Kier molecular flexibility index (Phi) is 4.19. The van der Waals surface area contributed by atoms with E-state index >= 15 is 0 Å². The largest absolute Gasteiger partial charge is 0.451 e. The molecule has 6 heteroatoms. The van der Waals surface area contributed by atoms with E-state index in [9.17, 15) is 13.2 Å². The van der Waals surface area contributed by atoms with Crippen LogP contribution < -0.4 is 0 Å². The van der Waals surface area contributed by atoms with E-state index in [1.807, 2.05) is 38.1 Å². The van der Waals surface area contributed by atoms with Crippen molar-refractivity contribution < 1.29 is 17.6 Å². The van der Waals surface area contributed by atoms with Gasteiger partial charge in [0.15, 0.2) is 15.6 Å². The third-order valence-corrected chi connectivity index (χ3v) is 6.16. The molecule has 23 heavy (non-hydrogen) atoms. The number of nitrogens with zero attached hydrogens (tertiary/aromatic N) is 1. The number of carbonyl (C=O) groups excluding carboxylic acids is 1. The molecule has 0 radical (unpaired) electrons. The molecule has 1 amide bonds. The van der Waals surface area contributed by atoms with Crippen LogP contribution in [0.2, 0.25) is 0 Å². The summed E-state index contributed by atoms with van der Waals surface area (Å²) in [6, 6.07) is 7.29. The van der Waals surface area contributed by atoms with Crippen molar-refractivity contribution in [3.05, 3.63) is 35.6 Å². The van der Waals surface area contributed by atoms with Gasteiger partial charge < -0.3 is 9.32 Å².